The quantitative estimate of drug-likeness (QED) is 0.573. The first-order valence-electron chi connectivity index (χ1n) is 6.81. The van der Waals surface area contributed by atoms with E-state index in [1.807, 2.05) is 39.2 Å². The van der Waals surface area contributed by atoms with Crippen molar-refractivity contribution in [3.8, 4) is 5.75 Å². The number of hydrogen-bond donors (Lipinski definition) is 2. The molecule has 0 spiro atoms. The number of ether oxygens (including phenoxy) is 2. The first kappa shape index (κ1) is 21.2. The monoisotopic (exact) mass is 347 g/mol. The summed E-state index contributed by atoms with van der Waals surface area (Å²) in [4.78, 5) is 20.3. The summed E-state index contributed by atoms with van der Waals surface area (Å²) in [6.07, 6.45) is 0. The van der Waals surface area contributed by atoms with Crippen molar-refractivity contribution in [2.24, 2.45) is 0 Å². The fourth-order valence-electron chi connectivity index (χ4n) is 1.28. The minimum absolute atomic E-state index is 0.524. The topological polar surface area (TPSA) is 96.3 Å². The molecule has 0 amide bonds. The highest BCUT2D eigenvalue weighted by molar-refractivity contribution is 6.32. The second kappa shape index (κ2) is 11.7. The van der Waals surface area contributed by atoms with E-state index in [4.69, 9.17) is 40.9 Å². The maximum absolute atomic E-state index is 9.10. The summed E-state index contributed by atoms with van der Waals surface area (Å²) in [5, 5.41) is 15.4. The summed E-state index contributed by atoms with van der Waals surface area (Å²) in [5.41, 5.74) is 1.14. The van der Waals surface area contributed by atoms with Crippen LogP contribution < -0.4 is 4.74 Å². The molecule has 2 N–H and O–H groups in total. The summed E-state index contributed by atoms with van der Waals surface area (Å²) in [6.45, 7) is 4.76. The number of likely N-dealkylation sites (N-methyl/N-ethyl adjacent to an activating group) is 1. The number of nitrogens with zero attached hydrogens (tertiary/aromatic N) is 1. The Hall–Kier alpha value is -1.83. The number of halogens is 1. The average molecular weight is 348 g/mol. The second-order valence-corrected chi connectivity index (χ2v) is 5.22. The summed E-state index contributed by atoms with van der Waals surface area (Å²) >= 11 is 6.01. The third kappa shape index (κ3) is 11.4. The maximum Gasteiger partial charge on any atom is 0.414 e. The lowest BCUT2D eigenvalue weighted by Crippen LogP contribution is -2.19. The average Bonchev–Trinajstić information content (AvgIpc) is 2.46. The Morgan fingerprint density at radius 3 is 2.26 bits per heavy atom. The number of rotatable bonds is 7. The van der Waals surface area contributed by atoms with Crippen LogP contribution in [0.3, 0.4) is 0 Å². The minimum Gasteiger partial charge on any atom is -0.490 e. The lowest BCUT2D eigenvalue weighted by molar-refractivity contribution is -0.159. The third-order valence-electron chi connectivity index (χ3n) is 2.44. The van der Waals surface area contributed by atoms with E-state index in [1.54, 1.807) is 0 Å². The number of hydrogen-bond acceptors (Lipinski definition) is 5. The van der Waals surface area contributed by atoms with Crippen molar-refractivity contribution >= 4 is 23.5 Å². The Labute approximate surface area is 140 Å². The van der Waals surface area contributed by atoms with E-state index >= 15 is 0 Å². The lowest BCUT2D eigenvalue weighted by atomic mass is 10.2. The molecule has 0 aromatic heterocycles. The van der Waals surface area contributed by atoms with Gasteiger partial charge in [-0.05, 0) is 38.7 Å². The Morgan fingerprint density at radius 2 is 1.74 bits per heavy atom. The van der Waals surface area contributed by atoms with E-state index in [2.05, 4.69) is 4.90 Å². The molecule has 0 radical (unpaired) electrons. The van der Waals surface area contributed by atoms with Gasteiger partial charge in [0.1, 0.15) is 12.4 Å². The smallest absolute Gasteiger partial charge is 0.414 e. The number of benzene rings is 1. The molecule has 7 nitrogen and oxygen atoms in total. The molecule has 0 aliphatic heterocycles. The van der Waals surface area contributed by atoms with Gasteiger partial charge in [0.25, 0.3) is 0 Å². The maximum atomic E-state index is 9.10. The molecule has 130 valence electrons. The number of carboxylic acids is 2. The zero-order chi connectivity index (χ0) is 17.8. The van der Waals surface area contributed by atoms with Gasteiger partial charge in [-0.25, -0.2) is 9.59 Å². The van der Waals surface area contributed by atoms with Crippen molar-refractivity contribution in [2.45, 2.75) is 6.92 Å². The van der Waals surface area contributed by atoms with Crippen LogP contribution in [0.25, 0.3) is 0 Å². The van der Waals surface area contributed by atoms with Crippen molar-refractivity contribution in [2.75, 3.05) is 40.5 Å². The van der Waals surface area contributed by atoms with Crippen LogP contribution in [0.15, 0.2) is 18.2 Å². The van der Waals surface area contributed by atoms with Gasteiger partial charge in [-0.2, -0.15) is 0 Å². The molecular weight excluding hydrogens is 326 g/mol. The molecule has 0 fully saturated rings. The van der Waals surface area contributed by atoms with E-state index in [9.17, 15) is 0 Å². The molecular formula is C15H22ClNO6. The van der Waals surface area contributed by atoms with Gasteiger partial charge in [0.15, 0.2) is 0 Å². The van der Waals surface area contributed by atoms with Crippen molar-refractivity contribution in [3.63, 3.8) is 0 Å². The summed E-state index contributed by atoms with van der Waals surface area (Å²) in [7, 11) is 4.04. The lowest BCUT2D eigenvalue weighted by Gasteiger charge is -2.11. The zero-order valence-corrected chi connectivity index (χ0v) is 14.2. The molecule has 0 unspecified atom stereocenters. The molecule has 1 rings (SSSR count). The Bertz CT molecular complexity index is 495. The second-order valence-electron chi connectivity index (χ2n) is 4.81. The highest BCUT2D eigenvalue weighted by atomic mass is 35.5. The van der Waals surface area contributed by atoms with Crippen molar-refractivity contribution in [1.29, 1.82) is 0 Å². The van der Waals surface area contributed by atoms with Gasteiger partial charge in [-0.15, -0.1) is 0 Å². The number of carboxylic acid groups (broad SMARTS) is 2. The van der Waals surface area contributed by atoms with Crippen LogP contribution in [-0.4, -0.2) is 67.5 Å². The zero-order valence-electron chi connectivity index (χ0n) is 13.4. The highest BCUT2D eigenvalue weighted by Gasteiger charge is 2.04. The van der Waals surface area contributed by atoms with Gasteiger partial charge in [-0.1, -0.05) is 17.7 Å². The fraction of sp³-hybridized carbons (Fsp3) is 0.467. The van der Waals surface area contributed by atoms with E-state index < -0.39 is 11.9 Å². The van der Waals surface area contributed by atoms with E-state index in [1.165, 1.54) is 0 Å². The molecule has 0 heterocycles. The van der Waals surface area contributed by atoms with Gasteiger partial charge in [0.05, 0.1) is 18.2 Å². The van der Waals surface area contributed by atoms with Crippen molar-refractivity contribution in [3.05, 3.63) is 28.8 Å². The predicted octanol–water partition coefficient (Wildman–Crippen LogP) is 1.76. The van der Waals surface area contributed by atoms with Crippen LogP contribution in [0.4, 0.5) is 0 Å². The minimum atomic E-state index is -1.82. The number of carbonyl (C=O) groups is 2. The van der Waals surface area contributed by atoms with Crippen LogP contribution in [0, 0.1) is 6.92 Å². The summed E-state index contributed by atoms with van der Waals surface area (Å²) in [5.74, 6) is -2.92. The van der Waals surface area contributed by atoms with Crippen LogP contribution in [0.1, 0.15) is 5.56 Å². The molecule has 0 saturated carbocycles. The largest absolute Gasteiger partial charge is 0.490 e. The van der Waals surface area contributed by atoms with Gasteiger partial charge in [0, 0.05) is 6.54 Å². The Kier molecular flexibility index (Phi) is 10.8. The molecule has 0 saturated heterocycles. The van der Waals surface area contributed by atoms with Crippen LogP contribution in [-0.2, 0) is 14.3 Å². The SMILES string of the molecule is Cc1ccc(Cl)c(OCCOCCN(C)C)c1.O=C(O)C(=O)O. The molecule has 0 bridgehead atoms. The van der Waals surface area contributed by atoms with E-state index in [-0.39, 0.29) is 0 Å². The Morgan fingerprint density at radius 1 is 1.13 bits per heavy atom. The molecule has 0 atom stereocenters. The normalized spacial score (nSPS) is 9.96. The van der Waals surface area contributed by atoms with Crippen LogP contribution >= 0.6 is 11.6 Å². The van der Waals surface area contributed by atoms with E-state index in [0.29, 0.717) is 18.2 Å². The van der Waals surface area contributed by atoms with Gasteiger partial charge in [-0.3, -0.25) is 0 Å². The molecule has 1 aromatic rings. The Balaban J connectivity index is 0.000000688. The standard InChI is InChI=1S/C13H20ClNO2.C2H2O4/c1-11-4-5-12(14)13(10-11)17-9-8-16-7-6-15(2)3;3-1(4)2(5)6/h4-5,10H,6-9H2,1-3H3;(H,3,4)(H,5,6). The molecule has 0 aliphatic carbocycles. The van der Waals surface area contributed by atoms with Crippen molar-refractivity contribution in [1.82, 2.24) is 4.90 Å². The van der Waals surface area contributed by atoms with Gasteiger partial charge in [0.2, 0.25) is 0 Å². The summed E-state index contributed by atoms with van der Waals surface area (Å²) in [6, 6.07) is 5.74. The number of aliphatic carboxylic acids is 2. The molecule has 0 aliphatic rings. The fourth-order valence-corrected chi connectivity index (χ4v) is 1.45. The molecule has 8 heteroatoms. The van der Waals surface area contributed by atoms with Gasteiger partial charge < -0.3 is 24.6 Å². The molecule has 23 heavy (non-hydrogen) atoms. The predicted molar refractivity (Wildman–Crippen MR) is 86.3 cm³/mol. The number of aryl methyl sites for hydroxylation is 1. The van der Waals surface area contributed by atoms with Gasteiger partial charge >= 0.3 is 11.9 Å². The first-order valence-corrected chi connectivity index (χ1v) is 7.19. The molecule has 1 aromatic carbocycles. The summed E-state index contributed by atoms with van der Waals surface area (Å²) < 4.78 is 11.0. The van der Waals surface area contributed by atoms with Crippen molar-refractivity contribution < 1.29 is 29.3 Å². The highest BCUT2D eigenvalue weighted by Crippen LogP contribution is 2.24. The van der Waals surface area contributed by atoms with E-state index in [0.717, 1.165) is 24.5 Å². The third-order valence-corrected chi connectivity index (χ3v) is 2.75. The van der Waals surface area contributed by atoms with Crippen LogP contribution in [0.5, 0.6) is 5.75 Å². The first-order chi connectivity index (χ1) is 10.7. The van der Waals surface area contributed by atoms with Crippen LogP contribution in [0.2, 0.25) is 5.02 Å².